The summed E-state index contributed by atoms with van der Waals surface area (Å²) in [5.74, 6) is 0.700. The molecule has 8 aromatic rings. The van der Waals surface area contributed by atoms with Crippen molar-refractivity contribution in [3.8, 4) is 67.3 Å². The highest BCUT2D eigenvalue weighted by molar-refractivity contribution is 6.03. The third-order valence-electron chi connectivity index (χ3n) is 9.22. The zero-order valence-corrected chi connectivity index (χ0v) is 26.7. The van der Waals surface area contributed by atoms with Crippen LogP contribution in [0.25, 0.3) is 67.3 Å². The van der Waals surface area contributed by atoms with Crippen LogP contribution >= 0.6 is 0 Å². The van der Waals surface area contributed by atoms with Crippen LogP contribution in [-0.2, 0) is 0 Å². The van der Waals surface area contributed by atoms with Gasteiger partial charge in [0, 0.05) is 33.5 Å². The van der Waals surface area contributed by atoms with E-state index >= 15 is 0 Å². The van der Waals surface area contributed by atoms with Gasteiger partial charge < -0.3 is 4.90 Å². The average Bonchev–Trinajstić information content (AvgIpc) is 3.31. The summed E-state index contributed by atoms with van der Waals surface area (Å²) in [6.45, 7) is 0. The van der Waals surface area contributed by atoms with Gasteiger partial charge in [0.05, 0.1) is 22.8 Å². The van der Waals surface area contributed by atoms with E-state index in [2.05, 4.69) is 157 Å². The summed E-state index contributed by atoms with van der Waals surface area (Å²) in [7, 11) is 0. The molecule has 49 heavy (non-hydrogen) atoms. The summed E-state index contributed by atoms with van der Waals surface area (Å²) < 4.78 is 0. The van der Waals surface area contributed by atoms with Gasteiger partial charge in [-0.3, -0.25) is 0 Å². The monoisotopic (exact) mass is 625 g/mol. The Morgan fingerprint density at radius 1 is 0.306 bits per heavy atom. The molecule has 0 saturated carbocycles. The van der Waals surface area contributed by atoms with E-state index in [0.29, 0.717) is 5.82 Å². The smallest absolute Gasteiger partial charge is 0.160 e. The minimum atomic E-state index is 0.700. The quantitative estimate of drug-likeness (QED) is 0.191. The zero-order chi connectivity index (χ0) is 32.6. The van der Waals surface area contributed by atoms with Crippen molar-refractivity contribution in [1.82, 2.24) is 9.97 Å². The maximum Gasteiger partial charge on any atom is 0.160 e. The van der Waals surface area contributed by atoms with Crippen LogP contribution in [0.15, 0.2) is 188 Å². The van der Waals surface area contributed by atoms with Crippen molar-refractivity contribution in [1.29, 1.82) is 0 Å². The van der Waals surface area contributed by atoms with Crippen molar-refractivity contribution in [2.45, 2.75) is 0 Å². The summed E-state index contributed by atoms with van der Waals surface area (Å²) in [5.41, 5.74) is 15.4. The fraction of sp³-hybridized carbons (Fsp3) is 0. The Kier molecular flexibility index (Phi) is 7.14. The lowest BCUT2D eigenvalue weighted by atomic mass is 9.93. The Morgan fingerprint density at radius 3 is 1.45 bits per heavy atom. The summed E-state index contributed by atoms with van der Waals surface area (Å²) in [6.07, 6.45) is 0. The maximum atomic E-state index is 5.10. The third kappa shape index (κ3) is 5.28. The maximum absolute atomic E-state index is 5.10. The predicted molar refractivity (Wildman–Crippen MR) is 203 cm³/mol. The largest absolute Gasteiger partial charge is 0.309 e. The molecule has 3 nitrogen and oxygen atoms in total. The average molecular weight is 626 g/mol. The topological polar surface area (TPSA) is 29.0 Å². The molecule has 0 N–H and O–H groups in total. The van der Waals surface area contributed by atoms with E-state index in [-0.39, 0.29) is 0 Å². The molecule has 3 heteroatoms. The second kappa shape index (κ2) is 12.2. The van der Waals surface area contributed by atoms with Crippen molar-refractivity contribution in [2.24, 2.45) is 0 Å². The number of hydrogen-bond acceptors (Lipinski definition) is 3. The van der Waals surface area contributed by atoms with Gasteiger partial charge in [-0.15, -0.1) is 0 Å². The van der Waals surface area contributed by atoms with E-state index in [1.54, 1.807) is 0 Å². The Labute approximate surface area is 286 Å². The van der Waals surface area contributed by atoms with Gasteiger partial charge in [0.15, 0.2) is 5.82 Å². The molecular weight excluding hydrogens is 595 g/mol. The molecule has 0 radical (unpaired) electrons. The van der Waals surface area contributed by atoms with Crippen molar-refractivity contribution in [3.05, 3.63) is 188 Å². The zero-order valence-electron chi connectivity index (χ0n) is 26.7. The van der Waals surface area contributed by atoms with Gasteiger partial charge in [-0.2, -0.15) is 0 Å². The summed E-state index contributed by atoms with van der Waals surface area (Å²) >= 11 is 0. The molecule has 0 atom stereocenters. The van der Waals surface area contributed by atoms with Crippen LogP contribution in [-0.4, -0.2) is 9.97 Å². The molecule has 0 bridgehead atoms. The predicted octanol–water partition coefficient (Wildman–Crippen LogP) is 12.3. The Morgan fingerprint density at radius 2 is 0.796 bits per heavy atom. The second-order valence-corrected chi connectivity index (χ2v) is 12.2. The van der Waals surface area contributed by atoms with Crippen LogP contribution < -0.4 is 4.90 Å². The van der Waals surface area contributed by atoms with E-state index < -0.39 is 0 Å². The summed E-state index contributed by atoms with van der Waals surface area (Å²) in [4.78, 5) is 12.6. The molecule has 0 fully saturated rings. The number of benzene rings is 7. The van der Waals surface area contributed by atoms with E-state index in [1.807, 2.05) is 36.4 Å². The van der Waals surface area contributed by atoms with Gasteiger partial charge in [-0.05, 0) is 58.7 Å². The van der Waals surface area contributed by atoms with E-state index in [1.165, 1.54) is 22.3 Å². The fourth-order valence-electron chi connectivity index (χ4n) is 6.89. The van der Waals surface area contributed by atoms with Gasteiger partial charge in [0.1, 0.15) is 0 Å². The Balaban J connectivity index is 1.21. The molecule has 0 saturated heterocycles. The minimum Gasteiger partial charge on any atom is -0.309 e. The van der Waals surface area contributed by atoms with Gasteiger partial charge in [0.25, 0.3) is 0 Å². The van der Waals surface area contributed by atoms with Crippen LogP contribution in [0.5, 0.6) is 0 Å². The molecule has 0 amide bonds. The molecule has 230 valence electrons. The number of nitrogens with zero attached hydrogens (tertiary/aromatic N) is 3. The number of anilines is 3. The van der Waals surface area contributed by atoms with Crippen LogP contribution in [0.2, 0.25) is 0 Å². The lowest BCUT2D eigenvalue weighted by Crippen LogP contribution is -2.10. The van der Waals surface area contributed by atoms with E-state index in [9.17, 15) is 0 Å². The fourth-order valence-corrected chi connectivity index (χ4v) is 6.89. The number of fused-ring (bicyclic) bond motifs is 5. The third-order valence-corrected chi connectivity index (χ3v) is 9.22. The highest BCUT2D eigenvalue weighted by Gasteiger charge is 2.26. The van der Waals surface area contributed by atoms with Crippen molar-refractivity contribution in [3.63, 3.8) is 0 Å². The first-order chi connectivity index (χ1) is 24.3. The normalized spacial score (nSPS) is 11.6. The van der Waals surface area contributed by atoms with Crippen LogP contribution in [0.1, 0.15) is 0 Å². The van der Waals surface area contributed by atoms with Crippen LogP contribution in [0.3, 0.4) is 0 Å². The lowest BCUT2D eigenvalue weighted by Gasteiger charge is -2.27. The van der Waals surface area contributed by atoms with Crippen molar-refractivity contribution >= 4 is 17.1 Å². The highest BCUT2D eigenvalue weighted by atomic mass is 15.1. The molecule has 1 aliphatic heterocycles. The molecule has 2 heterocycles. The first kappa shape index (κ1) is 28.6. The molecule has 7 aromatic carbocycles. The minimum absolute atomic E-state index is 0.700. The Bertz CT molecular complexity index is 2380. The molecular formula is C46H31N3. The second-order valence-electron chi connectivity index (χ2n) is 12.2. The van der Waals surface area contributed by atoms with Gasteiger partial charge in [-0.25, -0.2) is 9.97 Å². The number of aromatic nitrogens is 2. The van der Waals surface area contributed by atoms with Gasteiger partial charge >= 0.3 is 0 Å². The molecule has 0 spiro atoms. The standard InChI is InChI=1S/C46H31N3/c1-4-15-32(16-5-1)42-31-43(33-17-6-2-7-18-33)48-46(47-42)36-20-14-19-34(29-36)35-27-28-41-39-24-11-10-23-38(39)40-25-12-13-26-44(40)49(45(41)30-35)37-21-8-3-9-22-37/h1-31H. The number of hydrogen-bond donors (Lipinski definition) is 0. The van der Waals surface area contributed by atoms with Crippen LogP contribution in [0.4, 0.5) is 17.1 Å². The number of para-hydroxylation sites is 2. The molecule has 0 aliphatic carbocycles. The van der Waals surface area contributed by atoms with Gasteiger partial charge in [0.2, 0.25) is 0 Å². The molecule has 9 rings (SSSR count). The molecule has 1 aromatic heterocycles. The highest BCUT2D eigenvalue weighted by Crippen LogP contribution is 2.51. The summed E-state index contributed by atoms with van der Waals surface area (Å²) in [6, 6.07) is 66.3. The first-order valence-electron chi connectivity index (χ1n) is 16.6. The van der Waals surface area contributed by atoms with Crippen LogP contribution in [0, 0.1) is 0 Å². The number of rotatable bonds is 5. The van der Waals surface area contributed by atoms with E-state index in [0.717, 1.165) is 56.3 Å². The SMILES string of the molecule is c1ccc(-c2cc(-c3ccccc3)nc(-c3cccc(-c4ccc5c(c4)N(c4ccccc4)c4ccccc4-c4ccccc4-5)c3)n2)cc1. The Hall–Kier alpha value is -6.58. The van der Waals surface area contributed by atoms with E-state index in [4.69, 9.17) is 9.97 Å². The lowest BCUT2D eigenvalue weighted by molar-refractivity contribution is 1.18. The molecule has 1 aliphatic rings. The van der Waals surface area contributed by atoms with Crippen molar-refractivity contribution < 1.29 is 0 Å². The first-order valence-corrected chi connectivity index (χ1v) is 16.6. The summed E-state index contributed by atoms with van der Waals surface area (Å²) in [5, 5.41) is 0. The molecule has 0 unspecified atom stereocenters. The van der Waals surface area contributed by atoms with Gasteiger partial charge in [-0.1, -0.05) is 152 Å². The van der Waals surface area contributed by atoms with Crippen molar-refractivity contribution in [2.75, 3.05) is 4.90 Å².